The number of aromatic amines is 1. The number of H-pyrrole nitrogens is 1. The fourth-order valence-corrected chi connectivity index (χ4v) is 4.85. The molecule has 1 saturated heterocycles. The summed E-state index contributed by atoms with van der Waals surface area (Å²) < 4.78 is 25.8. The molecule has 0 radical (unpaired) electrons. The standard InChI is InChI=1S/C13H16N2O2S2/c1-9-2-3-11-12(6-9)15(13(18)14-11)7-10-4-5-19(16,17)8-10/h2-3,6,10H,4-5,7-8H2,1H3,(H,14,18). The topological polar surface area (TPSA) is 54.9 Å². The first-order valence-corrected chi connectivity index (χ1v) is 8.57. The quantitative estimate of drug-likeness (QED) is 0.866. The first-order valence-electron chi connectivity index (χ1n) is 6.34. The summed E-state index contributed by atoms with van der Waals surface area (Å²) in [6, 6.07) is 6.14. The van der Waals surface area contributed by atoms with Gasteiger partial charge < -0.3 is 9.55 Å². The van der Waals surface area contributed by atoms with Crippen LogP contribution < -0.4 is 0 Å². The highest BCUT2D eigenvalue weighted by atomic mass is 32.2. The summed E-state index contributed by atoms with van der Waals surface area (Å²) in [4.78, 5) is 3.18. The van der Waals surface area contributed by atoms with Crippen LogP contribution in [0.15, 0.2) is 18.2 Å². The van der Waals surface area contributed by atoms with Crippen LogP contribution in [0.3, 0.4) is 0 Å². The molecule has 6 heteroatoms. The molecular formula is C13H16N2O2S2. The van der Waals surface area contributed by atoms with Crippen LogP contribution in [0.1, 0.15) is 12.0 Å². The molecule has 1 aromatic heterocycles. The van der Waals surface area contributed by atoms with Crippen molar-refractivity contribution in [1.29, 1.82) is 0 Å². The van der Waals surface area contributed by atoms with Crippen LogP contribution in [0.4, 0.5) is 0 Å². The minimum atomic E-state index is -2.83. The van der Waals surface area contributed by atoms with E-state index >= 15 is 0 Å². The molecule has 1 unspecified atom stereocenters. The normalized spacial score (nSPS) is 22.1. The minimum Gasteiger partial charge on any atom is -0.331 e. The molecule has 2 aromatic rings. The van der Waals surface area contributed by atoms with Gasteiger partial charge in [-0.2, -0.15) is 0 Å². The number of hydrogen-bond donors (Lipinski definition) is 1. The first kappa shape index (κ1) is 12.9. The average Bonchev–Trinajstić information content (AvgIpc) is 2.81. The number of imidazole rings is 1. The van der Waals surface area contributed by atoms with Gasteiger partial charge in [0.25, 0.3) is 0 Å². The number of aryl methyl sites for hydroxylation is 1. The summed E-state index contributed by atoms with van der Waals surface area (Å²) in [6.45, 7) is 2.72. The monoisotopic (exact) mass is 296 g/mol. The Labute approximate surface area is 117 Å². The zero-order valence-corrected chi connectivity index (χ0v) is 12.4. The Balaban J connectivity index is 1.99. The predicted molar refractivity (Wildman–Crippen MR) is 78.6 cm³/mol. The van der Waals surface area contributed by atoms with Crippen LogP contribution in [0.5, 0.6) is 0 Å². The van der Waals surface area contributed by atoms with E-state index < -0.39 is 9.84 Å². The van der Waals surface area contributed by atoms with Gasteiger partial charge in [-0.25, -0.2) is 8.42 Å². The SMILES string of the molecule is Cc1ccc2[nH]c(=S)n(CC3CCS(=O)(=O)C3)c2c1. The van der Waals surface area contributed by atoms with E-state index in [2.05, 4.69) is 11.1 Å². The van der Waals surface area contributed by atoms with E-state index in [1.807, 2.05) is 23.6 Å². The molecule has 2 heterocycles. The first-order chi connectivity index (χ1) is 8.94. The molecule has 102 valence electrons. The Morgan fingerprint density at radius 3 is 2.95 bits per heavy atom. The molecule has 1 aliphatic heterocycles. The highest BCUT2D eigenvalue weighted by Crippen LogP contribution is 2.23. The van der Waals surface area contributed by atoms with Gasteiger partial charge in [0.05, 0.1) is 22.5 Å². The second kappa shape index (κ2) is 4.45. The summed E-state index contributed by atoms with van der Waals surface area (Å²) in [7, 11) is -2.83. The van der Waals surface area contributed by atoms with Gasteiger partial charge in [-0.1, -0.05) is 6.07 Å². The van der Waals surface area contributed by atoms with E-state index in [0.717, 1.165) is 17.5 Å². The second-order valence-electron chi connectivity index (χ2n) is 5.33. The van der Waals surface area contributed by atoms with Gasteiger partial charge in [-0.05, 0) is 49.2 Å². The summed E-state index contributed by atoms with van der Waals surface area (Å²) in [5, 5.41) is 0. The van der Waals surface area contributed by atoms with Gasteiger partial charge in [-0.15, -0.1) is 0 Å². The van der Waals surface area contributed by atoms with Crippen molar-refractivity contribution < 1.29 is 8.42 Å². The van der Waals surface area contributed by atoms with Gasteiger partial charge in [0, 0.05) is 6.54 Å². The number of fused-ring (bicyclic) bond motifs is 1. The molecule has 0 spiro atoms. The van der Waals surface area contributed by atoms with Crippen molar-refractivity contribution in [1.82, 2.24) is 9.55 Å². The van der Waals surface area contributed by atoms with E-state index in [1.165, 1.54) is 5.56 Å². The number of nitrogens with zero attached hydrogens (tertiary/aromatic N) is 1. The lowest BCUT2D eigenvalue weighted by Gasteiger charge is -2.10. The number of sulfone groups is 1. The highest BCUT2D eigenvalue weighted by Gasteiger charge is 2.28. The lowest BCUT2D eigenvalue weighted by molar-refractivity contribution is 0.495. The van der Waals surface area contributed by atoms with Crippen molar-refractivity contribution in [2.24, 2.45) is 5.92 Å². The molecule has 4 nitrogen and oxygen atoms in total. The van der Waals surface area contributed by atoms with Crippen molar-refractivity contribution in [3.8, 4) is 0 Å². The maximum absolute atomic E-state index is 11.5. The molecule has 0 saturated carbocycles. The largest absolute Gasteiger partial charge is 0.331 e. The maximum atomic E-state index is 11.5. The highest BCUT2D eigenvalue weighted by molar-refractivity contribution is 7.91. The fourth-order valence-electron chi connectivity index (χ4n) is 2.72. The predicted octanol–water partition coefficient (Wildman–Crippen LogP) is 2.44. The van der Waals surface area contributed by atoms with Gasteiger partial charge in [-0.3, -0.25) is 0 Å². The Morgan fingerprint density at radius 2 is 2.26 bits per heavy atom. The van der Waals surface area contributed by atoms with Crippen LogP contribution in [-0.4, -0.2) is 29.5 Å². The van der Waals surface area contributed by atoms with Crippen LogP contribution >= 0.6 is 12.2 Å². The second-order valence-corrected chi connectivity index (χ2v) is 7.95. The van der Waals surface area contributed by atoms with Crippen LogP contribution in [-0.2, 0) is 16.4 Å². The molecule has 1 aliphatic rings. The van der Waals surface area contributed by atoms with E-state index in [9.17, 15) is 8.42 Å². The molecule has 0 aliphatic carbocycles. The van der Waals surface area contributed by atoms with Crippen molar-refractivity contribution in [2.45, 2.75) is 19.9 Å². The summed E-state index contributed by atoms with van der Waals surface area (Å²) in [5.74, 6) is 0.774. The number of aromatic nitrogens is 2. The molecule has 1 aromatic carbocycles. The zero-order chi connectivity index (χ0) is 13.6. The van der Waals surface area contributed by atoms with E-state index in [4.69, 9.17) is 12.2 Å². The van der Waals surface area contributed by atoms with Gasteiger partial charge in [0.15, 0.2) is 14.6 Å². The molecule has 19 heavy (non-hydrogen) atoms. The molecule has 1 atom stereocenters. The molecule has 0 amide bonds. The fraction of sp³-hybridized carbons (Fsp3) is 0.462. The number of rotatable bonds is 2. The molecular weight excluding hydrogens is 280 g/mol. The molecule has 3 rings (SSSR count). The number of benzene rings is 1. The smallest absolute Gasteiger partial charge is 0.178 e. The summed E-state index contributed by atoms with van der Waals surface area (Å²) >= 11 is 5.35. The van der Waals surface area contributed by atoms with Gasteiger partial charge >= 0.3 is 0 Å². The van der Waals surface area contributed by atoms with Crippen LogP contribution in [0.2, 0.25) is 0 Å². The maximum Gasteiger partial charge on any atom is 0.178 e. The minimum absolute atomic E-state index is 0.177. The Morgan fingerprint density at radius 1 is 1.47 bits per heavy atom. The molecule has 1 N–H and O–H groups in total. The lowest BCUT2D eigenvalue weighted by atomic mass is 10.1. The lowest BCUT2D eigenvalue weighted by Crippen LogP contribution is -2.12. The van der Waals surface area contributed by atoms with E-state index in [-0.39, 0.29) is 11.7 Å². The number of nitrogens with one attached hydrogen (secondary N) is 1. The Bertz CT molecular complexity index is 787. The molecule has 1 fully saturated rings. The Hall–Kier alpha value is -1.14. The van der Waals surface area contributed by atoms with E-state index in [0.29, 0.717) is 17.1 Å². The van der Waals surface area contributed by atoms with Crippen molar-refractivity contribution in [3.05, 3.63) is 28.5 Å². The van der Waals surface area contributed by atoms with Gasteiger partial charge in [0.2, 0.25) is 0 Å². The zero-order valence-electron chi connectivity index (χ0n) is 10.7. The third kappa shape index (κ3) is 2.47. The number of hydrogen-bond acceptors (Lipinski definition) is 3. The summed E-state index contributed by atoms with van der Waals surface area (Å²) in [6.07, 6.45) is 0.739. The van der Waals surface area contributed by atoms with Crippen molar-refractivity contribution >= 4 is 33.1 Å². The third-order valence-corrected chi connectivity index (χ3v) is 5.86. The summed E-state index contributed by atoms with van der Waals surface area (Å²) in [5.41, 5.74) is 3.25. The van der Waals surface area contributed by atoms with Crippen LogP contribution in [0.25, 0.3) is 11.0 Å². The third-order valence-electron chi connectivity index (χ3n) is 3.70. The average molecular weight is 296 g/mol. The van der Waals surface area contributed by atoms with Gasteiger partial charge in [0.1, 0.15) is 0 Å². The van der Waals surface area contributed by atoms with Crippen molar-refractivity contribution in [3.63, 3.8) is 0 Å². The van der Waals surface area contributed by atoms with Crippen LogP contribution in [0, 0.1) is 17.6 Å². The Kier molecular flexibility index (Phi) is 3.02. The molecule has 0 bridgehead atoms. The van der Waals surface area contributed by atoms with E-state index in [1.54, 1.807) is 0 Å². The van der Waals surface area contributed by atoms with Crippen molar-refractivity contribution in [2.75, 3.05) is 11.5 Å².